The van der Waals surface area contributed by atoms with Crippen molar-refractivity contribution in [1.29, 1.82) is 0 Å². The van der Waals surface area contributed by atoms with E-state index in [4.69, 9.17) is 16.3 Å². The van der Waals surface area contributed by atoms with Crippen LogP contribution in [0.3, 0.4) is 0 Å². The zero-order chi connectivity index (χ0) is 22.1. The third-order valence-electron chi connectivity index (χ3n) is 4.93. The van der Waals surface area contributed by atoms with Crippen LogP contribution in [0.1, 0.15) is 51.2 Å². The third kappa shape index (κ3) is 6.23. The Bertz CT molecular complexity index is 854. The van der Waals surface area contributed by atoms with E-state index in [-0.39, 0.29) is 30.9 Å². The number of rotatable bonds is 10. The molecule has 0 fully saturated rings. The Balaban J connectivity index is 2.25. The molecular formula is C24H31ClN2O3. The molecule has 0 aliphatic rings. The number of halogens is 1. The largest absolute Gasteiger partial charge is 0.483 e. The van der Waals surface area contributed by atoms with Crippen molar-refractivity contribution in [3.63, 3.8) is 0 Å². The fraction of sp³-hybridized carbons (Fsp3) is 0.417. The first-order valence-electron chi connectivity index (χ1n) is 10.4. The molecule has 0 radical (unpaired) electrons. The predicted molar refractivity (Wildman–Crippen MR) is 121 cm³/mol. The summed E-state index contributed by atoms with van der Waals surface area (Å²) in [5, 5.41) is 3.39. The first kappa shape index (κ1) is 23.7. The lowest BCUT2D eigenvalue weighted by molar-refractivity contribution is -0.142. The second-order valence-corrected chi connectivity index (χ2v) is 7.82. The van der Waals surface area contributed by atoms with Gasteiger partial charge in [0.25, 0.3) is 5.91 Å². The van der Waals surface area contributed by atoms with Crippen molar-refractivity contribution in [3.8, 4) is 5.75 Å². The molecule has 0 unspecified atom stereocenters. The monoisotopic (exact) mass is 430 g/mol. The van der Waals surface area contributed by atoms with Crippen molar-refractivity contribution < 1.29 is 14.3 Å². The number of likely N-dealkylation sites (N-methyl/N-ethyl adjacent to an activating group) is 1. The second kappa shape index (κ2) is 11.6. The minimum atomic E-state index is -0.599. The molecule has 0 saturated carbocycles. The smallest absolute Gasteiger partial charge is 0.261 e. The number of ether oxygens (including phenoxy) is 1. The number of hydrogen-bond donors (Lipinski definition) is 1. The van der Waals surface area contributed by atoms with Gasteiger partial charge >= 0.3 is 0 Å². The Morgan fingerprint density at radius 2 is 1.73 bits per heavy atom. The second-order valence-electron chi connectivity index (χ2n) is 7.41. The van der Waals surface area contributed by atoms with E-state index in [0.717, 1.165) is 11.1 Å². The SMILES string of the molecule is CCNC(=O)[C@H](CC)N(Cc1ccccc1Cl)C(=O)COc1ccccc1C(C)C. The molecule has 0 aliphatic carbocycles. The van der Waals surface area contributed by atoms with Crippen molar-refractivity contribution >= 4 is 23.4 Å². The van der Waals surface area contributed by atoms with Crippen molar-refractivity contribution in [2.75, 3.05) is 13.2 Å². The first-order valence-corrected chi connectivity index (χ1v) is 10.8. The maximum absolute atomic E-state index is 13.2. The van der Waals surface area contributed by atoms with Gasteiger partial charge < -0.3 is 15.0 Å². The van der Waals surface area contributed by atoms with Crippen LogP contribution >= 0.6 is 11.6 Å². The summed E-state index contributed by atoms with van der Waals surface area (Å²) in [5.41, 5.74) is 1.83. The molecule has 6 heteroatoms. The summed E-state index contributed by atoms with van der Waals surface area (Å²) in [6.45, 7) is 8.50. The first-order chi connectivity index (χ1) is 14.4. The summed E-state index contributed by atoms with van der Waals surface area (Å²) >= 11 is 6.32. The molecule has 162 valence electrons. The number of amides is 2. The van der Waals surface area contributed by atoms with Crippen LogP contribution < -0.4 is 10.1 Å². The molecule has 0 bridgehead atoms. The molecule has 30 heavy (non-hydrogen) atoms. The van der Waals surface area contributed by atoms with Crippen LogP contribution in [0.5, 0.6) is 5.75 Å². The third-order valence-corrected chi connectivity index (χ3v) is 5.30. The topological polar surface area (TPSA) is 58.6 Å². The normalized spacial score (nSPS) is 11.8. The summed E-state index contributed by atoms with van der Waals surface area (Å²) in [6.07, 6.45) is 0.491. The minimum Gasteiger partial charge on any atom is -0.483 e. The molecule has 2 amide bonds. The number of para-hydroxylation sites is 1. The van der Waals surface area contributed by atoms with E-state index >= 15 is 0 Å². The number of hydrogen-bond acceptors (Lipinski definition) is 3. The molecule has 2 rings (SSSR count). The lowest BCUT2D eigenvalue weighted by atomic mass is 10.0. The van der Waals surface area contributed by atoms with E-state index in [2.05, 4.69) is 19.2 Å². The zero-order valence-electron chi connectivity index (χ0n) is 18.2. The van der Waals surface area contributed by atoms with Crippen LogP contribution in [-0.4, -0.2) is 35.9 Å². The number of nitrogens with one attached hydrogen (secondary N) is 1. The number of benzene rings is 2. The van der Waals surface area contributed by atoms with Crippen LogP contribution in [0.2, 0.25) is 5.02 Å². The molecule has 1 N–H and O–H groups in total. The molecule has 0 aliphatic heterocycles. The maximum Gasteiger partial charge on any atom is 0.261 e. The van der Waals surface area contributed by atoms with Gasteiger partial charge in [0, 0.05) is 18.1 Å². The number of nitrogens with zero attached hydrogens (tertiary/aromatic N) is 1. The standard InChI is InChI=1S/C24H31ClN2O3/c1-5-21(24(29)26-6-2)27(15-18-11-7-9-13-20(18)25)23(28)16-30-22-14-10-8-12-19(22)17(3)4/h7-14,17,21H,5-6,15-16H2,1-4H3,(H,26,29)/t21-/m0/s1. The maximum atomic E-state index is 13.2. The van der Waals surface area contributed by atoms with Gasteiger partial charge in [-0.1, -0.05) is 68.8 Å². The van der Waals surface area contributed by atoms with Crippen molar-refractivity contribution in [3.05, 3.63) is 64.7 Å². The van der Waals surface area contributed by atoms with Gasteiger partial charge in [0.05, 0.1) is 0 Å². The average molecular weight is 431 g/mol. The Morgan fingerprint density at radius 3 is 2.37 bits per heavy atom. The van der Waals surface area contributed by atoms with E-state index in [1.54, 1.807) is 11.0 Å². The van der Waals surface area contributed by atoms with Crippen LogP contribution in [0.25, 0.3) is 0 Å². The van der Waals surface area contributed by atoms with E-state index in [9.17, 15) is 9.59 Å². The molecular weight excluding hydrogens is 400 g/mol. The van der Waals surface area contributed by atoms with E-state index < -0.39 is 6.04 Å². The van der Waals surface area contributed by atoms with Crippen LogP contribution in [0.15, 0.2) is 48.5 Å². The van der Waals surface area contributed by atoms with Crippen LogP contribution in [0.4, 0.5) is 0 Å². The molecule has 2 aromatic carbocycles. The van der Waals surface area contributed by atoms with E-state index in [1.807, 2.05) is 56.3 Å². The van der Waals surface area contributed by atoms with Crippen LogP contribution in [0, 0.1) is 0 Å². The lowest BCUT2D eigenvalue weighted by Crippen LogP contribution is -2.50. The lowest BCUT2D eigenvalue weighted by Gasteiger charge is -2.31. The van der Waals surface area contributed by atoms with E-state index in [1.165, 1.54) is 0 Å². The van der Waals surface area contributed by atoms with Crippen LogP contribution in [-0.2, 0) is 16.1 Å². The van der Waals surface area contributed by atoms with Gasteiger partial charge in [0.15, 0.2) is 6.61 Å². The molecule has 2 aromatic rings. The highest BCUT2D eigenvalue weighted by molar-refractivity contribution is 6.31. The van der Waals surface area contributed by atoms with Gasteiger partial charge in [0.2, 0.25) is 5.91 Å². The summed E-state index contributed by atoms with van der Waals surface area (Å²) in [6, 6.07) is 14.4. The summed E-state index contributed by atoms with van der Waals surface area (Å²) in [7, 11) is 0. The molecule has 1 atom stereocenters. The van der Waals surface area contributed by atoms with Gasteiger partial charge in [-0.15, -0.1) is 0 Å². The highest BCUT2D eigenvalue weighted by Crippen LogP contribution is 2.26. The molecule has 0 heterocycles. The van der Waals surface area contributed by atoms with E-state index in [0.29, 0.717) is 23.7 Å². The average Bonchev–Trinajstić information content (AvgIpc) is 2.73. The Kier molecular flexibility index (Phi) is 9.18. The zero-order valence-corrected chi connectivity index (χ0v) is 18.9. The molecule has 0 saturated heterocycles. The van der Waals surface area contributed by atoms with Gasteiger partial charge in [0.1, 0.15) is 11.8 Å². The molecule has 0 aromatic heterocycles. The Hall–Kier alpha value is -2.53. The summed E-state index contributed by atoms with van der Waals surface area (Å²) in [4.78, 5) is 27.4. The van der Waals surface area contributed by atoms with Gasteiger partial charge in [-0.05, 0) is 42.5 Å². The summed E-state index contributed by atoms with van der Waals surface area (Å²) < 4.78 is 5.89. The van der Waals surface area contributed by atoms with Crippen molar-refractivity contribution in [2.45, 2.75) is 52.6 Å². The fourth-order valence-corrected chi connectivity index (χ4v) is 3.53. The summed E-state index contributed by atoms with van der Waals surface area (Å²) in [5.74, 6) is 0.522. The van der Waals surface area contributed by atoms with Crippen molar-refractivity contribution in [1.82, 2.24) is 10.2 Å². The minimum absolute atomic E-state index is 0.149. The highest BCUT2D eigenvalue weighted by atomic mass is 35.5. The number of carbonyl (C=O) groups is 2. The quantitative estimate of drug-likeness (QED) is 0.589. The fourth-order valence-electron chi connectivity index (χ4n) is 3.33. The van der Waals surface area contributed by atoms with Gasteiger partial charge in [-0.25, -0.2) is 0 Å². The van der Waals surface area contributed by atoms with Gasteiger partial charge in [-0.3, -0.25) is 9.59 Å². The van der Waals surface area contributed by atoms with Gasteiger partial charge in [-0.2, -0.15) is 0 Å². The Labute approximate surface area is 184 Å². The molecule has 0 spiro atoms. The van der Waals surface area contributed by atoms with Crippen molar-refractivity contribution in [2.24, 2.45) is 0 Å². The predicted octanol–water partition coefficient (Wildman–Crippen LogP) is 4.79. The molecule has 5 nitrogen and oxygen atoms in total. The Morgan fingerprint density at radius 1 is 1.07 bits per heavy atom. The number of carbonyl (C=O) groups excluding carboxylic acids is 2. The highest BCUT2D eigenvalue weighted by Gasteiger charge is 2.29.